The van der Waals surface area contributed by atoms with Crippen molar-refractivity contribution in [1.29, 1.82) is 0 Å². The molecule has 2 aromatic rings. The monoisotopic (exact) mass is 399 g/mol. The third kappa shape index (κ3) is 5.19. The normalized spacial score (nSPS) is 13.2. The predicted octanol–water partition coefficient (Wildman–Crippen LogP) is 3.19. The van der Waals surface area contributed by atoms with Crippen molar-refractivity contribution in [3.63, 3.8) is 0 Å². The first-order chi connectivity index (χ1) is 13.4. The largest absolute Gasteiger partial charge is 0.350 e. The standard InChI is InChI=1S/C21H25N3O3S/c1-14(2)22-21(27)15-3-5-17(6-4-15)23-19(25)7-8-20(26)24-11-9-18-16(13-24)10-12-28-18/h3-6,10,12,14H,7-9,11,13H2,1-2H3,(H,22,27)(H,23,25). The van der Waals surface area contributed by atoms with Crippen molar-refractivity contribution in [2.45, 2.75) is 45.7 Å². The van der Waals surface area contributed by atoms with Crippen molar-refractivity contribution < 1.29 is 14.4 Å². The summed E-state index contributed by atoms with van der Waals surface area (Å²) in [5, 5.41) is 7.66. The molecule has 148 valence electrons. The number of rotatable bonds is 6. The molecule has 0 bridgehead atoms. The Kier molecular flexibility index (Phi) is 6.46. The first-order valence-electron chi connectivity index (χ1n) is 9.46. The molecule has 2 heterocycles. The van der Waals surface area contributed by atoms with Crippen molar-refractivity contribution in [2.75, 3.05) is 11.9 Å². The second-order valence-corrected chi connectivity index (χ2v) is 8.19. The fourth-order valence-corrected chi connectivity index (χ4v) is 4.00. The smallest absolute Gasteiger partial charge is 0.251 e. The lowest BCUT2D eigenvalue weighted by molar-refractivity contribution is -0.133. The minimum atomic E-state index is -0.207. The summed E-state index contributed by atoms with van der Waals surface area (Å²) in [5.74, 6) is -0.345. The highest BCUT2D eigenvalue weighted by molar-refractivity contribution is 7.10. The van der Waals surface area contributed by atoms with E-state index < -0.39 is 0 Å². The van der Waals surface area contributed by atoms with Gasteiger partial charge in [-0.3, -0.25) is 14.4 Å². The summed E-state index contributed by atoms with van der Waals surface area (Å²) in [5.41, 5.74) is 2.37. The van der Waals surface area contributed by atoms with E-state index >= 15 is 0 Å². The number of thiophene rings is 1. The van der Waals surface area contributed by atoms with Crippen LogP contribution in [0.5, 0.6) is 0 Å². The molecule has 1 aromatic heterocycles. The number of amides is 3. The molecule has 6 nitrogen and oxygen atoms in total. The number of nitrogens with zero attached hydrogens (tertiary/aromatic N) is 1. The van der Waals surface area contributed by atoms with Crippen LogP contribution in [0.4, 0.5) is 5.69 Å². The lowest BCUT2D eigenvalue weighted by Gasteiger charge is -2.27. The van der Waals surface area contributed by atoms with Crippen LogP contribution in [-0.2, 0) is 22.6 Å². The Hall–Kier alpha value is -2.67. The molecule has 1 aliphatic rings. The van der Waals surface area contributed by atoms with Crippen LogP contribution < -0.4 is 10.6 Å². The van der Waals surface area contributed by atoms with Gasteiger partial charge in [0.15, 0.2) is 0 Å². The van der Waals surface area contributed by atoms with Crippen molar-refractivity contribution >= 4 is 34.7 Å². The summed E-state index contributed by atoms with van der Waals surface area (Å²) >= 11 is 1.74. The second-order valence-electron chi connectivity index (χ2n) is 7.19. The van der Waals surface area contributed by atoms with Crippen molar-refractivity contribution in [1.82, 2.24) is 10.2 Å². The van der Waals surface area contributed by atoms with Crippen LogP contribution in [-0.4, -0.2) is 35.2 Å². The molecule has 7 heteroatoms. The van der Waals surface area contributed by atoms with Gasteiger partial charge >= 0.3 is 0 Å². The van der Waals surface area contributed by atoms with Crippen LogP contribution in [0.15, 0.2) is 35.7 Å². The number of hydrogen-bond acceptors (Lipinski definition) is 4. The van der Waals surface area contributed by atoms with Gasteiger partial charge in [0.2, 0.25) is 11.8 Å². The number of benzene rings is 1. The molecule has 0 aliphatic carbocycles. The topological polar surface area (TPSA) is 78.5 Å². The summed E-state index contributed by atoms with van der Waals surface area (Å²) in [6.07, 6.45) is 1.23. The van der Waals surface area contributed by atoms with E-state index in [0.29, 0.717) is 24.3 Å². The Morgan fingerprint density at radius 3 is 2.57 bits per heavy atom. The third-order valence-electron chi connectivity index (χ3n) is 4.58. The zero-order valence-electron chi connectivity index (χ0n) is 16.2. The van der Waals surface area contributed by atoms with Gasteiger partial charge in [0.25, 0.3) is 5.91 Å². The maximum absolute atomic E-state index is 12.4. The number of hydrogen-bond donors (Lipinski definition) is 2. The van der Waals surface area contributed by atoms with Crippen LogP contribution in [0.2, 0.25) is 0 Å². The number of nitrogens with one attached hydrogen (secondary N) is 2. The molecule has 3 amide bonds. The molecule has 3 rings (SSSR count). The lowest BCUT2D eigenvalue weighted by atomic mass is 10.1. The predicted molar refractivity (Wildman–Crippen MR) is 110 cm³/mol. The minimum Gasteiger partial charge on any atom is -0.350 e. The van der Waals surface area contributed by atoms with E-state index in [1.807, 2.05) is 18.7 Å². The SMILES string of the molecule is CC(C)NC(=O)c1ccc(NC(=O)CCC(=O)N2CCc3sccc3C2)cc1. The zero-order valence-corrected chi connectivity index (χ0v) is 17.0. The highest BCUT2D eigenvalue weighted by atomic mass is 32.1. The average Bonchev–Trinajstić information content (AvgIpc) is 3.14. The van der Waals surface area contributed by atoms with Crippen molar-refractivity contribution in [3.8, 4) is 0 Å². The molecule has 0 saturated carbocycles. The van der Waals surface area contributed by atoms with E-state index in [0.717, 1.165) is 6.42 Å². The molecule has 1 aliphatic heterocycles. The lowest BCUT2D eigenvalue weighted by Crippen LogP contribution is -2.35. The molecule has 28 heavy (non-hydrogen) atoms. The van der Waals surface area contributed by atoms with Crippen LogP contribution in [0, 0.1) is 0 Å². The number of carbonyl (C=O) groups excluding carboxylic acids is 3. The van der Waals surface area contributed by atoms with E-state index in [4.69, 9.17) is 0 Å². The van der Waals surface area contributed by atoms with Crippen molar-refractivity contribution in [3.05, 3.63) is 51.7 Å². The number of carbonyl (C=O) groups is 3. The molecule has 0 fully saturated rings. The quantitative estimate of drug-likeness (QED) is 0.783. The van der Waals surface area contributed by atoms with E-state index in [9.17, 15) is 14.4 Å². The number of fused-ring (bicyclic) bond motifs is 1. The van der Waals surface area contributed by atoms with Gasteiger partial charge in [0.05, 0.1) is 0 Å². The highest BCUT2D eigenvalue weighted by Crippen LogP contribution is 2.24. The molecule has 2 N–H and O–H groups in total. The van der Waals surface area contributed by atoms with E-state index in [-0.39, 0.29) is 36.6 Å². The Balaban J connectivity index is 1.45. The van der Waals surface area contributed by atoms with Crippen LogP contribution >= 0.6 is 11.3 Å². The molecule has 0 spiro atoms. The Bertz CT molecular complexity index is 858. The van der Waals surface area contributed by atoms with Gasteiger partial charge in [0.1, 0.15) is 0 Å². The molecular weight excluding hydrogens is 374 g/mol. The highest BCUT2D eigenvalue weighted by Gasteiger charge is 2.21. The van der Waals surface area contributed by atoms with Gasteiger partial charge < -0.3 is 15.5 Å². The molecule has 0 radical (unpaired) electrons. The van der Waals surface area contributed by atoms with Gasteiger partial charge in [-0.1, -0.05) is 0 Å². The summed E-state index contributed by atoms with van der Waals surface area (Å²) in [6, 6.07) is 8.86. The zero-order chi connectivity index (χ0) is 20.1. The average molecular weight is 400 g/mol. The Morgan fingerprint density at radius 1 is 1.11 bits per heavy atom. The fraction of sp³-hybridized carbons (Fsp3) is 0.381. The Labute approximate surface area is 168 Å². The summed E-state index contributed by atoms with van der Waals surface area (Å²) < 4.78 is 0. The van der Waals surface area contributed by atoms with Gasteiger partial charge in [-0.2, -0.15) is 0 Å². The molecular formula is C21H25N3O3S. The van der Waals surface area contributed by atoms with Crippen molar-refractivity contribution in [2.24, 2.45) is 0 Å². The van der Waals surface area contributed by atoms with E-state index in [1.54, 1.807) is 35.6 Å². The van der Waals surface area contributed by atoms with Gasteiger partial charge in [-0.05, 0) is 61.5 Å². The number of anilines is 1. The van der Waals surface area contributed by atoms with Crippen LogP contribution in [0.1, 0.15) is 47.5 Å². The van der Waals surface area contributed by atoms with E-state index in [1.165, 1.54) is 10.4 Å². The summed E-state index contributed by atoms with van der Waals surface area (Å²) in [6.45, 7) is 5.15. The molecule has 0 unspecified atom stereocenters. The van der Waals surface area contributed by atoms with Crippen LogP contribution in [0.25, 0.3) is 0 Å². The Morgan fingerprint density at radius 2 is 1.86 bits per heavy atom. The molecule has 0 atom stereocenters. The maximum atomic E-state index is 12.4. The first-order valence-corrected chi connectivity index (χ1v) is 10.3. The molecule has 1 aromatic carbocycles. The first kappa shape index (κ1) is 20.1. The molecule has 0 saturated heterocycles. The summed E-state index contributed by atoms with van der Waals surface area (Å²) in [4.78, 5) is 39.7. The summed E-state index contributed by atoms with van der Waals surface area (Å²) in [7, 11) is 0. The van der Waals surface area contributed by atoms with E-state index in [2.05, 4.69) is 22.1 Å². The minimum absolute atomic E-state index is 0.00713. The third-order valence-corrected chi connectivity index (χ3v) is 5.60. The maximum Gasteiger partial charge on any atom is 0.251 e. The fourth-order valence-electron chi connectivity index (χ4n) is 3.11. The van der Waals surface area contributed by atoms with Gasteiger partial charge in [0, 0.05) is 48.1 Å². The second kappa shape index (κ2) is 9.01. The van der Waals surface area contributed by atoms with Gasteiger partial charge in [-0.25, -0.2) is 0 Å². The van der Waals surface area contributed by atoms with Gasteiger partial charge in [-0.15, -0.1) is 11.3 Å². The van der Waals surface area contributed by atoms with Crippen LogP contribution in [0.3, 0.4) is 0 Å².